The summed E-state index contributed by atoms with van der Waals surface area (Å²) in [4.78, 5) is 22.6. The first-order chi connectivity index (χ1) is 9.63. The zero-order valence-corrected chi connectivity index (χ0v) is 11.2. The highest BCUT2D eigenvalue weighted by atomic mass is 16.6. The minimum Gasteiger partial charge on any atom is -0.490 e. The second-order valence-electron chi connectivity index (χ2n) is 4.63. The Morgan fingerprint density at radius 1 is 1.55 bits per heavy atom. The summed E-state index contributed by atoms with van der Waals surface area (Å²) in [7, 11) is 1.32. The average molecular weight is 279 g/mol. The molecule has 1 saturated heterocycles. The highest BCUT2D eigenvalue weighted by Gasteiger charge is 2.24. The Kier molecular flexibility index (Phi) is 4.52. The van der Waals surface area contributed by atoms with Crippen molar-refractivity contribution in [2.45, 2.75) is 18.9 Å². The number of amides is 1. The van der Waals surface area contributed by atoms with Gasteiger partial charge in [0, 0.05) is 18.7 Å². The molecule has 1 heterocycles. The summed E-state index contributed by atoms with van der Waals surface area (Å²) in [5.74, 6) is -0.349. The summed E-state index contributed by atoms with van der Waals surface area (Å²) in [6.07, 6.45) is 1.90. The quantitative estimate of drug-likeness (QED) is 0.635. The molecular formula is C13H17N3O4. The van der Waals surface area contributed by atoms with Crippen molar-refractivity contribution in [3.8, 4) is 5.75 Å². The predicted octanol–water partition coefficient (Wildman–Crippen LogP) is 1.09. The van der Waals surface area contributed by atoms with Crippen LogP contribution in [-0.4, -0.2) is 37.1 Å². The second kappa shape index (κ2) is 6.33. The Balaban J connectivity index is 2.20. The van der Waals surface area contributed by atoms with Gasteiger partial charge in [0.05, 0.1) is 17.6 Å². The van der Waals surface area contributed by atoms with Crippen LogP contribution in [0.2, 0.25) is 0 Å². The smallest absolute Gasteiger partial charge is 0.311 e. The number of carbonyl (C=O) groups excluding carboxylic acids is 1. The molecule has 7 nitrogen and oxygen atoms in total. The molecule has 0 aromatic heterocycles. The lowest BCUT2D eigenvalue weighted by atomic mass is 10.1. The van der Waals surface area contributed by atoms with E-state index in [2.05, 4.69) is 10.6 Å². The Bertz CT molecular complexity index is 512. The number of nitrogens with one attached hydrogen (secondary N) is 2. The molecule has 2 N–H and O–H groups in total. The number of piperidine rings is 1. The Hall–Kier alpha value is -2.15. The van der Waals surface area contributed by atoms with E-state index in [1.807, 2.05) is 0 Å². The van der Waals surface area contributed by atoms with Gasteiger partial charge in [-0.3, -0.25) is 14.9 Å². The van der Waals surface area contributed by atoms with E-state index < -0.39 is 4.92 Å². The molecule has 1 aliphatic rings. The van der Waals surface area contributed by atoms with Crippen molar-refractivity contribution in [1.82, 2.24) is 10.6 Å². The molecule has 0 bridgehead atoms. The third-order valence-corrected chi connectivity index (χ3v) is 3.27. The van der Waals surface area contributed by atoms with Gasteiger partial charge in [-0.15, -0.1) is 0 Å². The van der Waals surface area contributed by atoms with Gasteiger partial charge in [-0.2, -0.15) is 0 Å². The minimum atomic E-state index is -0.558. The van der Waals surface area contributed by atoms with E-state index in [9.17, 15) is 14.9 Å². The fourth-order valence-corrected chi connectivity index (χ4v) is 2.30. The lowest BCUT2D eigenvalue weighted by molar-refractivity contribution is -0.385. The number of methoxy groups -OCH3 is 1. The number of rotatable bonds is 4. The molecule has 1 amide bonds. The topological polar surface area (TPSA) is 93.5 Å². The van der Waals surface area contributed by atoms with Gasteiger partial charge in [-0.25, -0.2) is 0 Å². The first-order valence-corrected chi connectivity index (χ1v) is 6.46. The number of nitrogens with zero attached hydrogens (tertiary/aromatic N) is 1. The molecule has 0 spiro atoms. The zero-order valence-electron chi connectivity index (χ0n) is 11.2. The molecular weight excluding hydrogens is 262 g/mol. The van der Waals surface area contributed by atoms with Gasteiger partial charge in [0.25, 0.3) is 5.91 Å². The van der Waals surface area contributed by atoms with Crippen LogP contribution in [0, 0.1) is 10.1 Å². The lowest BCUT2D eigenvalue weighted by Gasteiger charge is -2.24. The number of hydrogen-bond acceptors (Lipinski definition) is 5. The van der Waals surface area contributed by atoms with Gasteiger partial charge in [0.15, 0.2) is 0 Å². The number of hydrogen-bond donors (Lipinski definition) is 2. The van der Waals surface area contributed by atoms with Crippen LogP contribution < -0.4 is 15.4 Å². The maximum atomic E-state index is 12.2. The Morgan fingerprint density at radius 2 is 2.35 bits per heavy atom. The molecule has 0 saturated carbocycles. The van der Waals surface area contributed by atoms with E-state index in [-0.39, 0.29) is 28.9 Å². The molecule has 0 aliphatic carbocycles. The highest BCUT2D eigenvalue weighted by molar-refractivity contribution is 5.98. The second-order valence-corrected chi connectivity index (χ2v) is 4.63. The lowest BCUT2D eigenvalue weighted by Crippen LogP contribution is -2.45. The highest BCUT2D eigenvalue weighted by Crippen LogP contribution is 2.30. The maximum absolute atomic E-state index is 12.2. The Morgan fingerprint density at radius 3 is 2.95 bits per heavy atom. The minimum absolute atomic E-state index is 0.00114. The number of carbonyl (C=O) groups is 1. The summed E-state index contributed by atoms with van der Waals surface area (Å²) in [6.45, 7) is 1.66. The van der Waals surface area contributed by atoms with Crippen molar-refractivity contribution in [3.63, 3.8) is 0 Å². The predicted molar refractivity (Wildman–Crippen MR) is 73.0 cm³/mol. The summed E-state index contributed by atoms with van der Waals surface area (Å²) >= 11 is 0. The third-order valence-electron chi connectivity index (χ3n) is 3.27. The molecule has 20 heavy (non-hydrogen) atoms. The summed E-state index contributed by atoms with van der Waals surface area (Å²) < 4.78 is 5.03. The van der Waals surface area contributed by atoms with Gasteiger partial charge in [0.1, 0.15) is 0 Å². The van der Waals surface area contributed by atoms with E-state index >= 15 is 0 Å². The first kappa shape index (κ1) is 14.3. The maximum Gasteiger partial charge on any atom is 0.311 e. The molecule has 1 aromatic carbocycles. The van der Waals surface area contributed by atoms with Crippen molar-refractivity contribution in [3.05, 3.63) is 33.9 Å². The molecule has 108 valence electrons. The number of para-hydroxylation sites is 1. The third kappa shape index (κ3) is 3.05. The van der Waals surface area contributed by atoms with E-state index in [4.69, 9.17) is 4.74 Å². The fraction of sp³-hybridized carbons (Fsp3) is 0.462. The summed E-state index contributed by atoms with van der Waals surface area (Å²) in [5.41, 5.74) is -0.0193. The van der Waals surface area contributed by atoms with Crippen LogP contribution in [0.25, 0.3) is 0 Å². The van der Waals surface area contributed by atoms with Crippen LogP contribution in [-0.2, 0) is 0 Å². The van der Waals surface area contributed by atoms with Crippen LogP contribution in [0.5, 0.6) is 5.75 Å². The van der Waals surface area contributed by atoms with Crippen LogP contribution >= 0.6 is 0 Å². The van der Waals surface area contributed by atoms with E-state index in [1.54, 1.807) is 0 Å². The zero-order chi connectivity index (χ0) is 14.5. The number of nitro groups is 1. The van der Waals surface area contributed by atoms with E-state index in [0.29, 0.717) is 6.54 Å². The molecule has 1 unspecified atom stereocenters. The normalized spacial score (nSPS) is 18.4. The number of nitro benzene ring substituents is 1. The molecule has 1 aliphatic heterocycles. The first-order valence-electron chi connectivity index (χ1n) is 6.46. The van der Waals surface area contributed by atoms with E-state index in [0.717, 1.165) is 19.4 Å². The van der Waals surface area contributed by atoms with E-state index in [1.165, 1.54) is 25.3 Å². The number of ether oxygens (including phenoxy) is 1. The van der Waals surface area contributed by atoms with Crippen molar-refractivity contribution in [1.29, 1.82) is 0 Å². The van der Waals surface area contributed by atoms with Gasteiger partial charge < -0.3 is 15.4 Å². The van der Waals surface area contributed by atoms with Crippen LogP contribution in [0.3, 0.4) is 0 Å². The molecule has 1 atom stereocenters. The van der Waals surface area contributed by atoms with Gasteiger partial charge >= 0.3 is 5.69 Å². The SMILES string of the molecule is COc1c(C(=O)NC2CCCNC2)cccc1[N+](=O)[O-]. The van der Waals surface area contributed by atoms with Crippen molar-refractivity contribution in [2.24, 2.45) is 0 Å². The summed E-state index contributed by atoms with van der Waals surface area (Å²) in [6, 6.07) is 4.37. The average Bonchev–Trinajstić information content (AvgIpc) is 2.47. The van der Waals surface area contributed by atoms with Crippen LogP contribution in [0.15, 0.2) is 18.2 Å². The molecule has 1 fully saturated rings. The largest absolute Gasteiger partial charge is 0.490 e. The monoisotopic (exact) mass is 279 g/mol. The molecule has 0 radical (unpaired) electrons. The van der Waals surface area contributed by atoms with Gasteiger partial charge in [-0.1, -0.05) is 6.07 Å². The summed E-state index contributed by atoms with van der Waals surface area (Å²) in [5, 5.41) is 17.0. The van der Waals surface area contributed by atoms with Crippen LogP contribution in [0.1, 0.15) is 23.2 Å². The van der Waals surface area contributed by atoms with Crippen LogP contribution in [0.4, 0.5) is 5.69 Å². The van der Waals surface area contributed by atoms with Gasteiger partial charge in [-0.05, 0) is 25.5 Å². The Labute approximate surface area is 116 Å². The molecule has 1 aromatic rings. The fourth-order valence-electron chi connectivity index (χ4n) is 2.30. The van der Waals surface area contributed by atoms with Crippen molar-refractivity contribution >= 4 is 11.6 Å². The molecule has 2 rings (SSSR count). The van der Waals surface area contributed by atoms with Crippen molar-refractivity contribution in [2.75, 3.05) is 20.2 Å². The number of benzene rings is 1. The van der Waals surface area contributed by atoms with Gasteiger partial charge in [0.2, 0.25) is 5.75 Å². The standard InChI is InChI=1S/C13H17N3O4/c1-20-12-10(5-2-6-11(12)16(18)19)13(17)15-9-4-3-7-14-8-9/h2,5-6,9,14H,3-4,7-8H2,1H3,(H,15,17). The molecule has 7 heteroatoms. The van der Waals surface area contributed by atoms with Crippen molar-refractivity contribution < 1.29 is 14.5 Å².